The molecule has 2 aliphatic rings. The summed E-state index contributed by atoms with van der Waals surface area (Å²) < 4.78 is 11.9. The molecular formula is C15H21NO2S. The van der Waals surface area contributed by atoms with E-state index in [1.165, 1.54) is 12.0 Å². The van der Waals surface area contributed by atoms with Crippen molar-refractivity contribution < 1.29 is 9.47 Å². The fraction of sp³-hybridized carbons (Fsp3) is 0.600. The highest BCUT2D eigenvalue weighted by molar-refractivity contribution is 7.07. The highest BCUT2D eigenvalue weighted by Gasteiger charge is 2.42. The van der Waals surface area contributed by atoms with Gasteiger partial charge in [0.05, 0.1) is 25.4 Å². The largest absolute Gasteiger partial charge is 0.374 e. The molecule has 1 aliphatic carbocycles. The normalized spacial score (nSPS) is 31.3. The molecule has 1 aliphatic heterocycles. The van der Waals surface area contributed by atoms with Gasteiger partial charge in [-0.1, -0.05) is 6.08 Å². The Kier molecular flexibility index (Phi) is 4.33. The second kappa shape index (κ2) is 6.18. The Morgan fingerprint density at radius 1 is 1.53 bits per heavy atom. The number of rotatable bonds is 5. The third-order valence-corrected chi connectivity index (χ3v) is 4.78. The monoisotopic (exact) mass is 279 g/mol. The van der Waals surface area contributed by atoms with E-state index in [0.29, 0.717) is 12.6 Å². The molecule has 4 heteroatoms. The van der Waals surface area contributed by atoms with Crippen molar-refractivity contribution >= 4 is 11.3 Å². The first-order valence-electron chi connectivity index (χ1n) is 6.97. The van der Waals surface area contributed by atoms with Gasteiger partial charge in [-0.2, -0.15) is 11.3 Å². The van der Waals surface area contributed by atoms with Gasteiger partial charge in [-0.25, -0.2) is 0 Å². The molecule has 19 heavy (non-hydrogen) atoms. The highest BCUT2D eigenvalue weighted by atomic mass is 32.1. The van der Waals surface area contributed by atoms with Gasteiger partial charge in [0.1, 0.15) is 0 Å². The quantitative estimate of drug-likeness (QED) is 0.774. The molecule has 2 fully saturated rings. The van der Waals surface area contributed by atoms with Crippen molar-refractivity contribution in [3.63, 3.8) is 0 Å². The average molecular weight is 279 g/mol. The minimum Gasteiger partial charge on any atom is -0.374 e. The van der Waals surface area contributed by atoms with Crippen LogP contribution in [0, 0.1) is 0 Å². The van der Waals surface area contributed by atoms with Crippen LogP contribution in [0.25, 0.3) is 0 Å². The molecule has 2 bridgehead atoms. The highest BCUT2D eigenvalue weighted by Crippen LogP contribution is 2.32. The first kappa shape index (κ1) is 13.3. The summed E-state index contributed by atoms with van der Waals surface area (Å²) >= 11 is 1.76. The summed E-state index contributed by atoms with van der Waals surface area (Å²) in [6.45, 7) is 7.19. The van der Waals surface area contributed by atoms with Gasteiger partial charge >= 0.3 is 0 Å². The molecule has 2 heterocycles. The van der Waals surface area contributed by atoms with Crippen LogP contribution in [0.4, 0.5) is 0 Å². The third kappa shape index (κ3) is 2.92. The van der Waals surface area contributed by atoms with E-state index < -0.39 is 0 Å². The Morgan fingerprint density at radius 3 is 3.26 bits per heavy atom. The van der Waals surface area contributed by atoms with E-state index in [9.17, 15) is 0 Å². The van der Waals surface area contributed by atoms with Crippen molar-refractivity contribution in [2.24, 2.45) is 0 Å². The first-order valence-corrected chi connectivity index (χ1v) is 7.92. The van der Waals surface area contributed by atoms with Crippen molar-refractivity contribution in [1.82, 2.24) is 4.90 Å². The fourth-order valence-corrected chi connectivity index (χ4v) is 3.84. The number of ether oxygens (including phenoxy) is 2. The molecule has 0 amide bonds. The lowest BCUT2D eigenvalue weighted by Gasteiger charge is -2.30. The predicted octanol–water partition coefficient (Wildman–Crippen LogP) is 2.68. The van der Waals surface area contributed by atoms with Crippen molar-refractivity contribution in [3.8, 4) is 0 Å². The van der Waals surface area contributed by atoms with Crippen LogP contribution in [0.1, 0.15) is 18.4 Å². The number of nitrogens with zero attached hydrogens (tertiary/aromatic N) is 1. The Balaban J connectivity index is 1.71. The molecule has 3 atom stereocenters. The van der Waals surface area contributed by atoms with Crippen molar-refractivity contribution in [2.45, 2.75) is 37.6 Å². The molecule has 1 aromatic heterocycles. The number of hydrogen-bond acceptors (Lipinski definition) is 4. The Bertz CT molecular complexity index is 406. The van der Waals surface area contributed by atoms with E-state index in [1.54, 1.807) is 11.3 Å². The zero-order valence-corrected chi connectivity index (χ0v) is 12.0. The van der Waals surface area contributed by atoms with Gasteiger partial charge in [0.25, 0.3) is 0 Å². The Morgan fingerprint density at radius 2 is 2.47 bits per heavy atom. The standard InChI is InChI=1S/C15H21NO2S/c1-2-7-18-15-13-3-4-14(15)17-8-6-16(13)10-12-5-9-19-11-12/h2,5,9,11,13-15H,1,3-4,6-8,10H2/t13-,14-,15-/m1/s1. The average Bonchev–Trinajstić information content (AvgIpc) is 2.99. The molecule has 0 aromatic carbocycles. The van der Waals surface area contributed by atoms with E-state index in [4.69, 9.17) is 9.47 Å². The summed E-state index contributed by atoms with van der Waals surface area (Å²) in [6, 6.07) is 2.70. The lowest BCUT2D eigenvalue weighted by Crippen LogP contribution is -2.42. The van der Waals surface area contributed by atoms with Crippen LogP contribution in [0.2, 0.25) is 0 Å². The summed E-state index contributed by atoms with van der Waals surface area (Å²) in [4.78, 5) is 2.53. The summed E-state index contributed by atoms with van der Waals surface area (Å²) in [5.41, 5.74) is 1.40. The topological polar surface area (TPSA) is 21.7 Å². The maximum absolute atomic E-state index is 5.97. The zero-order valence-electron chi connectivity index (χ0n) is 11.2. The third-order valence-electron chi connectivity index (χ3n) is 4.04. The van der Waals surface area contributed by atoms with E-state index in [-0.39, 0.29) is 12.2 Å². The van der Waals surface area contributed by atoms with Crippen LogP contribution in [0.3, 0.4) is 0 Å². The number of hydrogen-bond donors (Lipinski definition) is 0. The van der Waals surface area contributed by atoms with Crippen LogP contribution in [-0.4, -0.2) is 42.9 Å². The van der Waals surface area contributed by atoms with Crippen LogP contribution in [0.15, 0.2) is 29.5 Å². The van der Waals surface area contributed by atoms with Crippen LogP contribution < -0.4 is 0 Å². The van der Waals surface area contributed by atoms with E-state index >= 15 is 0 Å². The van der Waals surface area contributed by atoms with Gasteiger partial charge in [0, 0.05) is 19.1 Å². The molecule has 0 unspecified atom stereocenters. The maximum atomic E-state index is 5.97. The first-order chi connectivity index (χ1) is 9.38. The zero-order chi connectivity index (χ0) is 13.1. The lowest BCUT2D eigenvalue weighted by atomic mass is 10.1. The summed E-state index contributed by atoms with van der Waals surface area (Å²) in [7, 11) is 0. The van der Waals surface area contributed by atoms with Gasteiger partial charge in [-0.3, -0.25) is 4.90 Å². The van der Waals surface area contributed by atoms with Gasteiger partial charge in [0.15, 0.2) is 0 Å². The molecule has 104 valence electrons. The fourth-order valence-electron chi connectivity index (χ4n) is 3.18. The van der Waals surface area contributed by atoms with Crippen molar-refractivity contribution in [1.29, 1.82) is 0 Å². The maximum Gasteiger partial charge on any atom is 0.0995 e. The molecule has 0 radical (unpaired) electrons. The van der Waals surface area contributed by atoms with Gasteiger partial charge in [-0.15, -0.1) is 6.58 Å². The SMILES string of the molecule is C=CCO[C@@H]1[C@H]2CC[C@H]1OCCN2Cc1ccsc1. The molecule has 0 spiro atoms. The van der Waals surface area contributed by atoms with E-state index in [0.717, 1.165) is 26.1 Å². The van der Waals surface area contributed by atoms with Gasteiger partial charge in [0.2, 0.25) is 0 Å². The Labute approximate surface area is 118 Å². The molecule has 1 saturated carbocycles. The second-order valence-corrected chi connectivity index (χ2v) is 6.02. The molecule has 1 aromatic rings. The van der Waals surface area contributed by atoms with Gasteiger partial charge in [-0.05, 0) is 35.2 Å². The van der Waals surface area contributed by atoms with Crippen LogP contribution in [0.5, 0.6) is 0 Å². The molecule has 1 saturated heterocycles. The smallest absolute Gasteiger partial charge is 0.0995 e. The van der Waals surface area contributed by atoms with Crippen molar-refractivity contribution in [3.05, 3.63) is 35.0 Å². The summed E-state index contributed by atoms with van der Waals surface area (Å²) in [6.07, 6.45) is 4.60. The summed E-state index contributed by atoms with van der Waals surface area (Å²) in [5.74, 6) is 0. The number of fused-ring (bicyclic) bond motifs is 2. The second-order valence-electron chi connectivity index (χ2n) is 5.24. The van der Waals surface area contributed by atoms with Crippen LogP contribution in [-0.2, 0) is 16.0 Å². The molecule has 3 rings (SSSR count). The van der Waals surface area contributed by atoms with Gasteiger partial charge < -0.3 is 9.47 Å². The molecule has 3 nitrogen and oxygen atoms in total. The van der Waals surface area contributed by atoms with E-state index in [2.05, 4.69) is 28.3 Å². The lowest BCUT2D eigenvalue weighted by molar-refractivity contribution is -0.0447. The predicted molar refractivity (Wildman–Crippen MR) is 77.4 cm³/mol. The van der Waals surface area contributed by atoms with E-state index in [1.807, 2.05) is 6.08 Å². The minimum atomic E-state index is 0.208. The minimum absolute atomic E-state index is 0.208. The Hall–Kier alpha value is -0.680. The number of thiophene rings is 1. The molecule has 0 N–H and O–H groups in total. The van der Waals surface area contributed by atoms with Crippen molar-refractivity contribution in [2.75, 3.05) is 19.8 Å². The van der Waals surface area contributed by atoms with Crippen LogP contribution >= 0.6 is 11.3 Å². The molecular weight excluding hydrogens is 258 g/mol. The summed E-state index contributed by atoms with van der Waals surface area (Å²) in [5, 5.41) is 4.38.